The van der Waals surface area contributed by atoms with Gasteiger partial charge in [-0.05, 0) is 31.4 Å². The SMILES string of the molecule is Cc1ccccc1C(=O)N1CCN(CC(=O)N2CCCC2)CC1. The van der Waals surface area contributed by atoms with Gasteiger partial charge in [0.05, 0.1) is 6.54 Å². The average Bonchev–Trinajstić information content (AvgIpc) is 3.10. The second kappa shape index (κ2) is 7.13. The molecule has 124 valence electrons. The van der Waals surface area contributed by atoms with Crippen LogP contribution in [0.3, 0.4) is 0 Å². The van der Waals surface area contributed by atoms with E-state index < -0.39 is 0 Å². The lowest BCUT2D eigenvalue weighted by Crippen LogP contribution is -2.51. The molecule has 23 heavy (non-hydrogen) atoms. The van der Waals surface area contributed by atoms with Gasteiger partial charge in [-0.2, -0.15) is 0 Å². The minimum Gasteiger partial charge on any atom is -0.342 e. The predicted octanol–water partition coefficient (Wildman–Crippen LogP) is 1.38. The zero-order chi connectivity index (χ0) is 16.2. The number of piperazine rings is 1. The van der Waals surface area contributed by atoms with Crippen LogP contribution in [0.15, 0.2) is 24.3 Å². The van der Waals surface area contributed by atoms with Crippen LogP contribution in [0, 0.1) is 6.92 Å². The van der Waals surface area contributed by atoms with Gasteiger partial charge in [0, 0.05) is 44.8 Å². The Morgan fingerprint density at radius 3 is 2.22 bits per heavy atom. The third kappa shape index (κ3) is 3.72. The van der Waals surface area contributed by atoms with Gasteiger partial charge in [0.25, 0.3) is 5.91 Å². The van der Waals surface area contributed by atoms with Crippen LogP contribution in [0.4, 0.5) is 0 Å². The third-order valence-electron chi connectivity index (χ3n) is 4.85. The molecule has 0 aliphatic carbocycles. The topological polar surface area (TPSA) is 43.9 Å². The molecule has 3 rings (SSSR count). The molecule has 2 fully saturated rings. The van der Waals surface area contributed by atoms with Crippen LogP contribution in [0.5, 0.6) is 0 Å². The van der Waals surface area contributed by atoms with Crippen LogP contribution in [-0.2, 0) is 4.79 Å². The number of amides is 2. The fourth-order valence-corrected chi connectivity index (χ4v) is 3.35. The van der Waals surface area contributed by atoms with E-state index in [0.29, 0.717) is 19.6 Å². The smallest absolute Gasteiger partial charge is 0.254 e. The van der Waals surface area contributed by atoms with Crippen molar-refractivity contribution in [2.45, 2.75) is 19.8 Å². The molecule has 2 saturated heterocycles. The Morgan fingerprint density at radius 1 is 0.913 bits per heavy atom. The molecule has 0 atom stereocenters. The van der Waals surface area contributed by atoms with Crippen molar-refractivity contribution < 1.29 is 9.59 Å². The van der Waals surface area contributed by atoms with Crippen LogP contribution in [0.2, 0.25) is 0 Å². The lowest BCUT2D eigenvalue weighted by molar-refractivity contribution is -0.131. The highest BCUT2D eigenvalue weighted by molar-refractivity contribution is 5.95. The third-order valence-corrected chi connectivity index (χ3v) is 4.85. The second-order valence-electron chi connectivity index (χ2n) is 6.47. The van der Waals surface area contributed by atoms with Crippen LogP contribution in [0.1, 0.15) is 28.8 Å². The summed E-state index contributed by atoms with van der Waals surface area (Å²) in [6, 6.07) is 7.72. The highest BCUT2D eigenvalue weighted by atomic mass is 16.2. The van der Waals surface area contributed by atoms with E-state index >= 15 is 0 Å². The van der Waals surface area contributed by atoms with E-state index in [1.807, 2.05) is 41.0 Å². The first-order valence-corrected chi connectivity index (χ1v) is 8.50. The van der Waals surface area contributed by atoms with Crippen LogP contribution in [-0.4, -0.2) is 72.3 Å². The highest BCUT2D eigenvalue weighted by Gasteiger charge is 2.26. The number of rotatable bonds is 3. The first-order valence-electron chi connectivity index (χ1n) is 8.50. The molecule has 0 unspecified atom stereocenters. The summed E-state index contributed by atoms with van der Waals surface area (Å²) in [5, 5.41) is 0. The van der Waals surface area contributed by atoms with Crippen molar-refractivity contribution in [2.24, 2.45) is 0 Å². The van der Waals surface area contributed by atoms with E-state index in [1.54, 1.807) is 0 Å². The summed E-state index contributed by atoms with van der Waals surface area (Å²) < 4.78 is 0. The molecular weight excluding hydrogens is 290 g/mol. The number of likely N-dealkylation sites (tertiary alicyclic amines) is 1. The summed E-state index contributed by atoms with van der Waals surface area (Å²) in [6.07, 6.45) is 2.26. The van der Waals surface area contributed by atoms with Crippen LogP contribution < -0.4 is 0 Å². The molecular formula is C18H25N3O2. The maximum absolute atomic E-state index is 12.6. The summed E-state index contributed by atoms with van der Waals surface area (Å²) in [6.45, 7) is 7.22. The minimum atomic E-state index is 0.105. The number of carbonyl (C=O) groups excluding carboxylic acids is 2. The van der Waals surface area contributed by atoms with E-state index in [1.165, 1.54) is 0 Å². The van der Waals surface area contributed by atoms with Crippen molar-refractivity contribution in [3.63, 3.8) is 0 Å². The Balaban J connectivity index is 1.51. The molecule has 5 nitrogen and oxygen atoms in total. The van der Waals surface area contributed by atoms with E-state index in [2.05, 4.69) is 4.90 Å². The molecule has 0 aromatic heterocycles. The predicted molar refractivity (Wildman–Crippen MR) is 89.3 cm³/mol. The fraction of sp³-hybridized carbons (Fsp3) is 0.556. The number of aryl methyl sites for hydroxylation is 1. The first-order chi connectivity index (χ1) is 11.1. The van der Waals surface area contributed by atoms with Gasteiger partial charge in [-0.1, -0.05) is 18.2 Å². The normalized spacial score (nSPS) is 19.2. The molecule has 1 aromatic carbocycles. The summed E-state index contributed by atoms with van der Waals surface area (Å²) in [5.74, 6) is 0.342. The first kappa shape index (κ1) is 16.0. The summed E-state index contributed by atoms with van der Waals surface area (Å²) in [4.78, 5) is 30.8. The number of benzene rings is 1. The van der Waals surface area contributed by atoms with Crippen molar-refractivity contribution in [1.82, 2.24) is 14.7 Å². The van der Waals surface area contributed by atoms with Gasteiger partial charge in [0.15, 0.2) is 0 Å². The van der Waals surface area contributed by atoms with E-state index in [9.17, 15) is 9.59 Å². The molecule has 2 heterocycles. The molecule has 0 spiro atoms. The number of hydrogen-bond acceptors (Lipinski definition) is 3. The lowest BCUT2D eigenvalue weighted by atomic mass is 10.1. The van der Waals surface area contributed by atoms with Gasteiger partial charge in [0.2, 0.25) is 5.91 Å². The molecule has 2 aliphatic rings. The van der Waals surface area contributed by atoms with Crippen molar-refractivity contribution in [3.05, 3.63) is 35.4 Å². The molecule has 2 amide bonds. The molecule has 0 N–H and O–H groups in total. The highest BCUT2D eigenvalue weighted by Crippen LogP contribution is 2.13. The molecule has 5 heteroatoms. The van der Waals surface area contributed by atoms with Gasteiger partial charge in [-0.15, -0.1) is 0 Å². The molecule has 0 bridgehead atoms. The van der Waals surface area contributed by atoms with Crippen molar-refractivity contribution >= 4 is 11.8 Å². The lowest BCUT2D eigenvalue weighted by Gasteiger charge is -2.35. The van der Waals surface area contributed by atoms with Gasteiger partial charge in [-0.25, -0.2) is 0 Å². The average molecular weight is 315 g/mol. The standard InChI is InChI=1S/C18H25N3O2/c1-15-6-2-3-7-16(15)18(23)21-12-10-19(11-13-21)14-17(22)20-8-4-5-9-20/h2-3,6-7H,4-5,8-14H2,1H3. The minimum absolute atomic E-state index is 0.105. The Kier molecular flexibility index (Phi) is 4.96. The monoisotopic (exact) mass is 315 g/mol. The Bertz CT molecular complexity index is 573. The number of hydrogen-bond donors (Lipinski definition) is 0. The Morgan fingerprint density at radius 2 is 1.57 bits per heavy atom. The summed E-state index contributed by atoms with van der Waals surface area (Å²) >= 11 is 0. The van der Waals surface area contributed by atoms with E-state index in [4.69, 9.17) is 0 Å². The van der Waals surface area contributed by atoms with E-state index in [-0.39, 0.29) is 11.8 Å². The zero-order valence-electron chi connectivity index (χ0n) is 13.8. The van der Waals surface area contributed by atoms with Crippen LogP contribution >= 0.6 is 0 Å². The van der Waals surface area contributed by atoms with Crippen molar-refractivity contribution in [3.8, 4) is 0 Å². The number of carbonyl (C=O) groups is 2. The largest absolute Gasteiger partial charge is 0.342 e. The molecule has 0 radical (unpaired) electrons. The number of nitrogens with zero attached hydrogens (tertiary/aromatic N) is 3. The molecule has 2 aliphatic heterocycles. The Hall–Kier alpha value is -1.88. The van der Waals surface area contributed by atoms with Gasteiger partial charge >= 0.3 is 0 Å². The summed E-state index contributed by atoms with van der Waals surface area (Å²) in [5.41, 5.74) is 1.80. The van der Waals surface area contributed by atoms with E-state index in [0.717, 1.165) is 50.1 Å². The molecule has 0 saturated carbocycles. The van der Waals surface area contributed by atoms with Crippen LogP contribution in [0.25, 0.3) is 0 Å². The maximum Gasteiger partial charge on any atom is 0.254 e. The van der Waals surface area contributed by atoms with Crippen molar-refractivity contribution in [1.29, 1.82) is 0 Å². The second-order valence-corrected chi connectivity index (χ2v) is 6.47. The Labute approximate surface area is 137 Å². The van der Waals surface area contributed by atoms with Gasteiger partial charge in [-0.3, -0.25) is 14.5 Å². The van der Waals surface area contributed by atoms with Gasteiger partial charge in [0.1, 0.15) is 0 Å². The fourth-order valence-electron chi connectivity index (χ4n) is 3.35. The quantitative estimate of drug-likeness (QED) is 0.846. The molecule has 1 aromatic rings. The zero-order valence-corrected chi connectivity index (χ0v) is 13.8. The maximum atomic E-state index is 12.6. The van der Waals surface area contributed by atoms with Gasteiger partial charge < -0.3 is 9.80 Å². The summed E-state index contributed by atoms with van der Waals surface area (Å²) in [7, 11) is 0. The van der Waals surface area contributed by atoms with Crippen molar-refractivity contribution in [2.75, 3.05) is 45.8 Å².